The van der Waals surface area contributed by atoms with Crippen molar-refractivity contribution in [2.45, 2.75) is 83.9 Å². The normalized spacial score (nSPS) is 50.5. The van der Waals surface area contributed by atoms with Crippen LogP contribution in [0.1, 0.15) is 72.1 Å². The summed E-state index contributed by atoms with van der Waals surface area (Å²) in [7, 11) is 1.81. The van der Waals surface area contributed by atoms with Crippen LogP contribution < -0.4 is 0 Å². The molecule has 0 saturated heterocycles. The van der Waals surface area contributed by atoms with Crippen LogP contribution in [0.2, 0.25) is 0 Å². The van der Waals surface area contributed by atoms with E-state index < -0.39 is 11.1 Å². The zero-order valence-electron chi connectivity index (χ0n) is 16.2. The molecule has 25 heavy (non-hydrogen) atoms. The summed E-state index contributed by atoms with van der Waals surface area (Å²) in [6.45, 7) is 6.71. The Bertz CT molecular complexity index is 613. The maximum absolute atomic E-state index is 16.7. The van der Waals surface area contributed by atoms with Gasteiger partial charge < -0.3 is 4.74 Å². The molecule has 4 aliphatic carbocycles. The molecule has 4 aliphatic rings. The fraction of sp³-hybridized carbons (Fsp3) is 0.864. The zero-order valence-corrected chi connectivity index (χ0v) is 16.2. The summed E-state index contributed by atoms with van der Waals surface area (Å²) >= 11 is 0. The van der Waals surface area contributed by atoms with E-state index in [0.717, 1.165) is 31.3 Å². The van der Waals surface area contributed by atoms with E-state index in [9.17, 15) is 4.79 Å². The van der Waals surface area contributed by atoms with Crippen molar-refractivity contribution in [1.29, 1.82) is 0 Å². The number of rotatable bonds is 2. The van der Waals surface area contributed by atoms with E-state index in [-0.39, 0.29) is 23.2 Å². The van der Waals surface area contributed by atoms with Gasteiger partial charge in [0.05, 0.1) is 6.10 Å². The number of hydrogen-bond donors (Lipinski definition) is 0. The Morgan fingerprint density at radius 2 is 1.88 bits per heavy atom. The van der Waals surface area contributed by atoms with Crippen molar-refractivity contribution in [3.63, 3.8) is 0 Å². The molecule has 0 bridgehead atoms. The van der Waals surface area contributed by atoms with E-state index in [1.165, 1.54) is 6.42 Å². The third kappa shape index (κ3) is 2.20. The van der Waals surface area contributed by atoms with E-state index >= 15 is 4.39 Å². The molecule has 0 aromatic rings. The summed E-state index contributed by atoms with van der Waals surface area (Å²) in [5.41, 5.74) is -0.244. The monoisotopic (exact) mass is 348 g/mol. The number of alkyl halides is 1. The number of carbonyl (C=O) groups is 1. The Balaban J connectivity index is 1.70. The lowest BCUT2D eigenvalue weighted by molar-refractivity contribution is -0.153. The first-order valence-corrected chi connectivity index (χ1v) is 10.2. The molecule has 0 spiro atoms. The van der Waals surface area contributed by atoms with Crippen molar-refractivity contribution in [3.05, 3.63) is 11.6 Å². The van der Waals surface area contributed by atoms with Crippen molar-refractivity contribution < 1.29 is 13.9 Å². The smallest absolute Gasteiger partial charge is 0.155 e. The zero-order chi connectivity index (χ0) is 18.0. The predicted octanol–water partition coefficient (Wildman–Crippen LogP) is 5.26. The Morgan fingerprint density at radius 3 is 2.60 bits per heavy atom. The lowest BCUT2D eigenvalue weighted by atomic mass is 9.45. The number of carbonyl (C=O) groups excluding carboxylic acids is 1. The third-order valence-corrected chi connectivity index (χ3v) is 9.08. The predicted molar refractivity (Wildman–Crippen MR) is 97.0 cm³/mol. The molecule has 0 N–H and O–H groups in total. The number of methoxy groups -OCH3 is 1. The Labute approximate surface area is 151 Å². The van der Waals surface area contributed by atoms with Crippen LogP contribution in [0.5, 0.6) is 0 Å². The molecule has 0 aliphatic heterocycles. The van der Waals surface area contributed by atoms with E-state index in [0.29, 0.717) is 31.1 Å². The van der Waals surface area contributed by atoms with E-state index in [2.05, 4.69) is 20.8 Å². The van der Waals surface area contributed by atoms with Crippen LogP contribution in [0, 0.1) is 28.6 Å². The number of hydrogen-bond acceptors (Lipinski definition) is 2. The number of fused-ring (bicyclic) bond motifs is 5. The first-order valence-electron chi connectivity index (χ1n) is 10.2. The fourth-order valence-corrected chi connectivity index (χ4v) is 7.42. The van der Waals surface area contributed by atoms with Gasteiger partial charge in [-0.15, -0.1) is 0 Å². The number of ketones is 1. The molecular formula is C22H33FO2. The molecule has 3 fully saturated rings. The van der Waals surface area contributed by atoms with Gasteiger partial charge in [0.2, 0.25) is 0 Å². The summed E-state index contributed by atoms with van der Waals surface area (Å²) in [6, 6.07) is 0. The fourth-order valence-electron chi connectivity index (χ4n) is 7.42. The van der Waals surface area contributed by atoms with Crippen molar-refractivity contribution in [2.24, 2.45) is 28.6 Å². The molecule has 0 amide bonds. The highest BCUT2D eigenvalue weighted by Gasteiger charge is 2.67. The minimum atomic E-state index is -1.13. The topological polar surface area (TPSA) is 26.3 Å². The van der Waals surface area contributed by atoms with Gasteiger partial charge in [0, 0.05) is 18.9 Å². The highest BCUT2D eigenvalue weighted by molar-refractivity contribution is 5.91. The second kappa shape index (κ2) is 5.65. The lowest BCUT2D eigenvalue weighted by Gasteiger charge is -2.61. The average Bonchev–Trinajstić information content (AvgIpc) is 2.93. The van der Waals surface area contributed by atoms with Crippen molar-refractivity contribution in [2.75, 3.05) is 7.11 Å². The molecule has 0 aromatic carbocycles. The maximum Gasteiger partial charge on any atom is 0.155 e. The van der Waals surface area contributed by atoms with Gasteiger partial charge in [-0.25, -0.2) is 4.39 Å². The van der Waals surface area contributed by atoms with Gasteiger partial charge in [-0.3, -0.25) is 4.79 Å². The van der Waals surface area contributed by atoms with Crippen LogP contribution in [0.25, 0.3) is 0 Å². The largest absolute Gasteiger partial charge is 0.381 e. The van der Waals surface area contributed by atoms with Gasteiger partial charge >= 0.3 is 0 Å². The molecule has 4 rings (SSSR count). The molecular weight excluding hydrogens is 315 g/mol. The number of ether oxygens (including phenoxy) is 1. The summed E-state index contributed by atoms with van der Waals surface area (Å²) in [5, 5.41) is 0. The van der Waals surface area contributed by atoms with E-state index in [4.69, 9.17) is 4.74 Å². The second-order valence-corrected chi connectivity index (χ2v) is 9.71. The van der Waals surface area contributed by atoms with Crippen LogP contribution >= 0.6 is 0 Å². The van der Waals surface area contributed by atoms with Crippen LogP contribution in [0.3, 0.4) is 0 Å². The van der Waals surface area contributed by atoms with Gasteiger partial charge in [-0.05, 0) is 81.1 Å². The molecule has 140 valence electrons. The van der Waals surface area contributed by atoms with Gasteiger partial charge in [-0.2, -0.15) is 0 Å². The first kappa shape index (κ1) is 17.7. The van der Waals surface area contributed by atoms with Crippen molar-refractivity contribution in [3.8, 4) is 0 Å². The van der Waals surface area contributed by atoms with Gasteiger partial charge in [-0.1, -0.05) is 19.4 Å². The van der Waals surface area contributed by atoms with Crippen molar-refractivity contribution in [1.82, 2.24) is 0 Å². The minimum Gasteiger partial charge on any atom is -0.381 e. The maximum atomic E-state index is 16.7. The molecule has 2 nitrogen and oxygen atoms in total. The summed E-state index contributed by atoms with van der Waals surface area (Å²) < 4.78 is 22.4. The molecule has 3 heteroatoms. The SMILES string of the molecule is COC(C)C1CC[C@H]2C3CCC4=CC(=O)CCC4(C)[C@@]3(F)CCC12C. The minimum absolute atomic E-state index is 0.149. The van der Waals surface area contributed by atoms with E-state index in [1.54, 1.807) is 13.2 Å². The summed E-state index contributed by atoms with van der Waals surface area (Å²) in [5.74, 6) is 1.36. The first-order chi connectivity index (χ1) is 11.8. The van der Waals surface area contributed by atoms with Crippen LogP contribution in [-0.2, 0) is 9.53 Å². The van der Waals surface area contributed by atoms with Gasteiger partial charge in [0.1, 0.15) is 5.67 Å². The van der Waals surface area contributed by atoms with Crippen LogP contribution in [0.4, 0.5) is 4.39 Å². The lowest BCUT2D eigenvalue weighted by Crippen LogP contribution is -2.61. The standard InChI is InChI=1S/C22H33FO2/c1-14(25-4)17-7-8-18-19-6-5-15-13-16(24)9-10-21(15,3)22(19,23)12-11-20(17,18)2/h13-14,17-19H,5-12H2,1-4H3/t14?,17?,18-,19?,20?,21?,22+/m0/s1. The Kier molecular flexibility index (Phi) is 4.00. The highest BCUT2D eigenvalue weighted by atomic mass is 19.1. The molecule has 0 radical (unpaired) electrons. The van der Waals surface area contributed by atoms with E-state index in [1.807, 2.05) is 0 Å². The molecule has 0 heterocycles. The Hall–Kier alpha value is -0.700. The van der Waals surface area contributed by atoms with Crippen molar-refractivity contribution >= 4 is 5.78 Å². The quantitative estimate of drug-likeness (QED) is 0.680. The molecule has 5 unspecified atom stereocenters. The number of halogens is 1. The van der Waals surface area contributed by atoms with Gasteiger partial charge in [0.15, 0.2) is 5.78 Å². The van der Waals surface area contributed by atoms with Gasteiger partial charge in [0.25, 0.3) is 0 Å². The number of allylic oxidation sites excluding steroid dienone is 1. The third-order valence-electron chi connectivity index (χ3n) is 9.08. The Morgan fingerprint density at radius 1 is 1.12 bits per heavy atom. The average molecular weight is 349 g/mol. The second-order valence-electron chi connectivity index (χ2n) is 9.71. The molecule has 7 atom stereocenters. The van der Waals surface area contributed by atoms with Crippen LogP contribution in [-0.4, -0.2) is 24.7 Å². The summed E-state index contributed by atoms with van der Waals surface area (Å²) in [6.07, 6.45) is 9.01. The van der Waals surface area contributed by atoms with Crippen LogP contribution in [0.15, 0.2) is 11.6 Å². The molecule has 3 saturated carbocycles. The highest BCUT2D eigenvalue weighted by Crippen LogP contribution is 2.69. The molecule has 0 aromatic heterocycles. The summed E-state index contributed by atoms with van der Waals surface area (Å²) in [4.78, 5) is 11.9.